The maximum absolute atomic E-state index is 10.9. The molecule has 0 aromatic rings. The van der Waals surface area contributed by atoms with Crippen LogP contribution in [-0.2, 0) is 9.53 Å². The standard InChI is InChI=1S/C13H27N3O2.HI/c1-10(2)11(3)16-13(14-4)15-9-7-6-8-12(17)18-5;/h10-11H,6-9H2,1-5H3,(H2,14,15,16);1H. The van der Waals surface area contributed by atoms with E-state index in [0.29, 0.717) is 18.4 Å². The number of guanidine groups is 1. The molecule has 0 spiro atoms. The molecule has 0 amide bonds. The zero-order valence-electron chi connectivity index (χ0n) is 12.7. The summed E-state index contributed by atoms with van der Waals surface area (Å²) in [5, 5.41) is 6.56. The highest BCUT2D eigenvalue weighted by Crippen LogP contribution is 1.99. The third-order valence-corrected chi connectivity index (χ3v) is 2.92. The Bertz CT molecular complexity index is 271. The van der Waals surface area contributed by atoms with Crippen molar-refractivity contribution < 1.29 is 9.53 Å². The van der Waals surface area contributed by atoms with E-state index in [1.807, 2.05) is 0 Å². The number of nitrogens with one attached hydrogen (secondary N) is 2. The van der Waals surface area contributed by atoms with Gasteiger partial charge in [-0.3, -0.25) is 9.79 Å². The van der Waals surface area contributed by atoms with Gasteiger partial charge in [-0.25, -0.2) is 0 Å². The Morgan fingerprint density at radius 2 is 1.89 bits per heavy atom. The Hall–Kier alpha value is -0.530. The molecule has 0 aromatic heterocycles. The number of methoxy groups -OCH3 is 1. The third kappa shape index (κ3) is 11.0. The molecule has 0 rings (SSSR count). The van der Waals surface area contributed by atoms with Crippen LogP contribution in [0.5, 0.6) is 0 Å². The Balaban J connectivity index is 0. The first-order chi connectivity index (χ1) is 8.51. The van der Waals surface area contributed by atoms with Crippen molar-refractivity contribution in [3.63, 3.8) is 0 Å². The van der Waals surface area contributed by atoms with Gasteiger partial charge in [-0.1, -0.05) is 13.8 Å². The van der Waals surface area contributed by atoms with E-state index in [9.17, 15) is 4.79 Å². The molecule has 1 unspecified atom stereocenters. The molecular weight excluding hydrogens is 357 g/mol. The Morgan fingerprint density at radius 1 is 1.26 bits per heavy atom. The second kappa shape index (κ2) is 12.5. The first-order valence-electron chi connectivity index (χ1n) is 6.55. The molecule has 1 atom stereocenters. The average Bonchev–Trinajstić information content (AvgIpc) is 2.36. The lowest BCUT2D eigenvalue weighted by molar-refractivity contribution is -0.140. The number of halogens is 1. The summed E-state index contributed by atoms with van der Waals surface area (Å²) in [6, 6.07) is 0.381. The molecule has 0 saturated heterocycles. The fourth-order valence-corrected chi connectivity index (χ4v) is 1.28. The summed E-state index contributed by atoms with van der Waals surface area (Å²) in [5.41, 5.74) is 0. The lowest BCUT2D eigenvalue weighted by atomic mass is 10.1. The van der Waals surface area contributed by atoms with Crippen molar-refractivity contribution in [2.75, 3.05) is 20.7 Å². The van der Waals surface area contributed by atoms with Crippen molar-refractivity contribution in [2.24, 2.45) is 10.9 Å². The van der Waals surface area contributed by atoms with E-state index in [1.165, 1.54) is 7.11 Å². The number of aliphatic imine (C=N–C) groups is 1. The predicted octanol–water partition coefficient (Wildman–Crippen LogP) is 2.16. The van der Waals surface area contributed by atoms with Crippen LogP contribution in [0.3, 0.4) is 0 Å². The first-order valence-corrected chi connectivity index (χ1v) is 6.55. The number of ether oxygens (including phenoxy) is 1. The van der Waals surface area contributed by atoms with Gasteiger partial charge in [0.1, 0.15) is 0 Å². The fourth-order valence-electron chi connectivity index (χ4n) is 1.28. The summed E-state index contributed by atoms with van der Waals surface area (Å²) >= 11 is 0. The highest BCUT2D eigenvalue weighted by atomic mass is 127. The summed E-state index contributed by atoms with van der Waals surface area (Å²) in [5.74, 6) is 1.23. The molecule has 0 aromatic carbocycles. The smallest absolute Gasteiger partial charge is 0.305 e. The number of hydrogen-bond acceptors (Lipinski definition) is 3. The summed E-state index contributed by atoms with van der Waals surface area (Å²) in [7, 11) is 3.18. The number of hydrogen-bond donors (Lipinski definition) is 2. The number of nitrogens with zero attached hydrogens (tertiary/aromatic N) is 1. The Morgan fingerprint density at radius 3 is 2.37 bits per heavy atom. The molecule has 0 saturated carbocycles. The normalized spacial score (nSPS) is 12.6. The van der Waals surface area contributed by atoms with E-state index in [1.54, 1.807) is 7.05 Å². The van der Waals surface area contributed by atoms with E-state index in [-0.39, 0.29) is 29.9 Å². The number of carbonyl (C=O) groups is 1. The summed E-state index contributed by atoms with van der Waals surface area (Å²) < 4.78 is 4.58. The minimum atomic E-state index is -0.147. The average molecular weight is 385 g/mol. The van der Waals surface area contributed by atoms with Gasteiger partial charge < -0.3 is 15.4 Å². The van der Waals surface area contributed by atoms with Crippen LogP contribution in [0.2, 0.25) is 0 Å². The van der Waals surface area contributed by atoms with Crippen LogP contribution in [0.15, 0.2) is 4.99 Å². The number of unbranched alkanes of at least 4 members (excludes halogenated alkanes) is 1. The summed E-state index contributed by atoms with van der Waals surface area (Å²) in [4.78, 5) is 15.1. The maximum atomic E-state index is 10.9. The number of rotatable bonds is 7. The molecule has 0 bridgehead atoms. The molecule has 0 radical (unpaired) electrons. The van der Waals surface area contributed by atoms with Crippen LogP contribution in [0.4, 0.5) is 0 Å². The molecule has 0 aliphatic rings. The van der Waals surface area contributed by atoms with E-state index < -0.39 is 0 Å². The molecular formula is C13H28IN3O2. The van der Waals surface area contributed by atoms with E-state index >= 15 is 0 Å². The predicted molar refractivity (Wildman–Crippen MR) is 90.1 cm³/mol. The van der Waals surface area contributed by atoms with Gasteiger partial charge in [0.15, 0.2) is 5.96 Å². The van der Waals surface area contributed by atoms with Gasteiger partial charge in [0.25, 0.3) is 0 Å². The van der Waals surface area contributed by atoms with Gasteiger partial charge in [0, 0.05) is 26.1 Å². The molecule has 2 N–H and O–H groups in total. The zero-order chi connectivity index (χ0) is 14.0. The zero-order valence-corrected chi connectivity index (χ0v) is 15.0. The molecule has 114 valence electrons. The number of esters is 1. The van der Waals surface area contributed by atoms with E-state index in [2.05, 4.69) is 41.1 Å². The quantitative estimate of drug-likeness (QED) is 0.232. The minimum Gasteiger partial charge on any atom is -0.469 e. The largest absolute Gasteiger partial charge is 0.469 e. The van der Waals surface area contributed by atoms with E-state index in [0.717, 1.165) is 25.3 Å². The molecule has 19 heavy (non-hydrogen) atoms. The number of carbonyl (C=O) groups excluding carboxylic acids is 1. The second-order valence-electron chi connectivity index (χ2n) is 4.71. The van der Waals surface area contributed by atoms with E-state index in [4.69, 9.17) is 0 Å². The van der Waals surface area contributed by atoms with Gasteiger partial charge in [0.2, 0.25) is 0 Å². The lowest BCUT2D eigenvalue weighted by Gasteiger charge is -2.20. The van der Waals surface area contributed by atoms with Crippen molar-refractivity contribution >= 4 is 35.9 Å². The van der Waals surface area contributed by atoms with Crippen LogP contribution < -0.4 is 10.6 Å². The molecule has 0 fully saturated rings. The van der Waals surface area contributed by atoms with Gasteiger partial charge in [0.05, 0.1) is 7.11 Å². The molecule has 5 nitrogen and oxygen atoms in total. The molecule has 0 aliphatic carbocycles. The highest BCUT2D eigenvalue weighted by Gasteiger charge is 2.08. The lowest BCUT2D eigenvalue weighted by Crippen LogP contribution is -2.44. The monoisotopic (exact) mass is 385 g/mol. The van der Waals surface area contributed by atoms with Crippen molar-refractivity contribution in [1.29, 1.82) is 0 Å². The van der Waals surface area contributed by atoms with Crippen LogP contribution in [0, 0.1) is 5.92 Å². The van der Waals surface area contributed by atoms with Crippen LogP contribution >= 0.6 is 24.0 Å². The fraction of sp³-hybridized carbons (Fsp3) is 0.846. The summed E-state index contributed by atoms with van der Waals surface area (Å²) in [6.07, 6.45) is 2.23. The van der Waals surface area contributed by atoms with Crippen molar-refractivity contribution in [1.82, 2.24) is 10.6 Å². The van der Waals surface area contributed by atoms with Gasteiger partial charge in [-0.15, -0.1) is 24.0 Å². The topological polar surface area (TPSA) is 62.7 Å². The maximum Gasteiger partial charge on any atom is 0.305 e. The van der Waals surface area contributed by atoms with Gasteiger partial charge >= 0.3 is 5.97 Å². The first kappa shape index (κ1) is 20.8. The van der Waals surface area contributed by atoms with Crippen LogP contribution in [-0.4, -0.2) is 38.7 Å². The molecule has 0 aliphatic heterocycles. The van der Waals surface area contributed by atoms with Crippen molar-refractivity contribution in [3.8, 4) is 0 Å². The van der Waals surface area contributed by atoms with Gasteiger partial charge in [-0.05, 0) is 25.7 Å². The molecule has 0 heterocycles. The van der Waals surface area contributed by atoms with Crippen LogP contribution in [0.1, 0.15) is 40.0 Å². The van der Waals surface area contributed by atoms with Crippen molar-refractivity contribution in [2.45, 2.75) is 46.1 Å². The second-order valence-corrected chi connectivity index (χ2v) is 4.71. The minimum absolute atomic E-state index is 0. The Kier molecular flexibility index (Phi) is 13.7. The summed E-state index contributed by atoms with van der Waals surface area (Å²) in [6.45, 7) is 7.28. The van der Waals surface area contributed by atoms with Gasteiger partial charge in [-0.2, -0.15) is 0 Å². The molecule has 6 heteroatoms. The SMILES string of the molecule is CN=C(NCCCCC(=O)OC)NC(C)C(C)C.I. The highest BCUT2D eigenvalue weighted by molar-refractivity contribution is 14.0. The van der Waals surface area contributed by atoms with Crippen LogP contribution in [0.25, 0.3) is 0 Å². The third-order valence-electron chi connectivity index (χ3n) is 2.92. The van der Waals surface area contributed by atoms with Crippen molar-refractivity contribution in [3.05, 3.63) is 0 Å². The Labute approximate surface area is 134 Å².